The predicted octanol–water partition coefficient (Wildman–Crippen LogP) is 3.03. The molecule has 0 aliphatic heterocycles. The largest absolute Gasteiger partial charge is 0.353 e. The lowest BCUT2D eigenvalue weighted by atomic mass is 9.65. The number of halogens is 1. The minimum Gasteiger partial charge on any atom is -0.353 e. The second-order valence-electron chi connectivity index (χ2n) is 7.40. The van der Waals surface area contributed by atoms with Gasteiger partial charge in [-0.05, 0) is 62.5 Å². The standard InChI is InChI=1S/C19H27FN2O/c1-12(9-13-5-2-3-8-17(13)20)22-19(23)16-10-14-6-4-7-15(11-16)18(14)21/h2-3,5,8,12,14-16,18H,4,6-7,9-11,21H2,1H3,(H,22,23). The first-order valence-corrected chi connectivity index (χ1v) is 8.84. The molecule has 0 aromatic heterocycles. The van der Waals surface area contributed by atoms with E-state index in [9.17, 15) is 9.18 Å². The molecule has 0 heterocycles. The number of nitrogens with one attached hydrogen (secondary N) is 1. The molecule has 3 rings (SSSR count). The van der Waals surface area contributed by atoms with Crippen molar-refractivity contribution in [2.45, 2.75) is 57.5 Å². The zero-order valence-corrected chi connectivity index (χ0v) is 13.8. The second-order valence-corrected chi connectivity index (χ2v) is 7.40. The van der Waals surface area contributed by atoms with E-state index in [0.29, 0.717) is 23.8 Å². The van der Waals surface area contributed by atoms with Crippen LogP contribution in [0.15, 0.2) is 24.3 Å². The molecule has 0 spiro atoms. The number of hydrogen-bond donors (Lipinski definition) is 2. The highest BCUT2D eigenvalue weighted by atomic mass is 19.1. The summed E-state index contributed by atoms with van der Waals surface area (Å²) >= 11 is 0. The van der Waals surface area contributed by atoms with Gasteiger partial charge in [-0.2, -0.15) is 0 Å². The fraction of sp³-hybridized carbons (Fsp3) is 0.632. The normalized spacial score (nSPS) is 31.4. The van der Waals surface area contributed by atoms with Gasteiger partial charge < -0.3 is 11.1 Å². The Labute approximate surface area is 137 Å². The number of amides is 1. The molecule has 2 fully saturated rings. The van der Waals surface area contributed by atoms with Gasteiger partial charge >= 0.3 is 0 Å². The van der Waals surface area contributed by atoms with Crippen LogP contribution in [0, 0.1) is 23.6 Å². The van der Waals surface area contributed by atoms with Crippen LogP contribution in [0.4, 0.5) is 4.39 Å². The molecule has 2 bridgehead atoms. The van der Waals surface area contributed by atoms with Crippen LogP contribution in [0.2, 0.25) is 0 Å². The molecule has 3 nitrogen and oxygen atoms in total. The van der Waals surface area contributed by atoms with E-state index >= 15 is 0 Å². The lowest BCUT2D eigenvalue weighted by Crippen LogP contribution is -2.50. The number of hydrogen-bond acceptors (Lipinski definition) is 2. The molecule has 4 heteroatoms. The molecule has 1 aromatic rings. The molecule has 2 aliphatic carbocycles. The van der Waals surface area contributed by atoms with E-state index in [0.717, 1.165) is 25.7 Å². The van der Waals surface area contributed by atoms with Gasteiger partial charge in [-0.25, -0.2) is 4.39 Å². The van der Waals surface area contributed by atoms with Gasteiger partial charge in [0.25, 0.3) is 0 Å². The average molecular weight is 318 g/mol. The van der Waals surface area contributed by atoms with E-state index < -0.39 is 0 Å². The second kappa shape index (κ2) is 7.00. The summed E-state index contributed by atoms with van der Waals surface area (Å²) in [5.74, 6) is 0.998. The van der Waals surface area contributed by atoms with Crippen molar-refractivity contribution in [2.75, 3.05) is 0 Å². The summed E-state index contributed by atoms with van der Waals surface area (Å²) in [6, 6.07) is 6.98. The smallest absolute Gasteiger partial charge is 0.223 e. The first-order chi connectivity index (χ1) is 11.0. The van der Waals surface area contributed by atoms with Crippen LogP contribution in [-0.4, -0.2) is 18.0 Å². The van der Waals surface area contributed by atoms with E-state index in [1.54, 1.807) is 12.1 Å². The number of nitrogens with two attached hydrogens (primary N) is 1. The Morgan fingerprint density at radius 2 is 1.96 bits per heavy atom. The average Bonchev–Trinajstić information content (AvgIpc) is 2.49. The SMILES string of the molecule is CC(Cc1ccccc1F)NC(=O)C1CC2CCCC(C1)C2N. The van der Waals surface area contributed by atoms with Gasteiger partial charge in [0.1, 0.15) is 5.82 Å². The molecule has 23 heavy (non-hydrogen) atoms. The van der Waals surface area contributed by atoms with Crippen molar-refractivity contribution in [2.24, 2.45) is 23.5 Å². The fourth-order valence-electron chi connectivity index (χ4n) is 4.41. The molecule has 3 N–H and O–H groups in total. The van der Waals surface area contributed by atoms with Gasteiger partial charge in [0.2, 0.25) is 5.91 Å². The van der Waals surface area contributed by atoms with Crippen molar-refractivity contribution in [3.8, 4) is 0 Å². The molecule has 3 atom stereocenters. The molecule has 1 amide bonds. The first-order valence-electron chi connectivity index (χ1n) is 8.84. The summed E-state index contributed by atoms with van der Waals surface area (Å²) < 4.78 is 13.7. The Hall–Kier alpha value is -1.42. The maximum atomic E-state index is 13.7. The Morgan fingerprint density at radius 3 is 2.61 bits per heavy atom. The van der Waals surface area contributed by atoms with Crippen molar-refractivity contribution in [3.05, 3.63) is 35.6 Å². The topological polar surface area (TPSA) is 55.1 Å². The number of benzene rings is 1. The van der Waals surface area contributed by atoms with Crippen LogP contribution in [0.3, 0.4) is 0 Å². The van der Waals surface area contributed by atoms with Crippen molar-refractivity contribution in [1.29, 1.82) is 0 Å². The highest BCUT2D eigenvalue weighted by molar-refractivity contribution is 5.79. The van der Waals surface area contributed by atoms with Crippen LogP contribution in [0.25, 0.3) is 0 Å². The summed E-state index contributed by atoms with van der Waals surface area (Å²) in [6.45, 7) is 1.94. The number of fused-ring (bicyclic) bond motifs is 2. The van der Waals surface area contributed by atoms with E-state index in [2.05, 4.69) is 5.32 Å². The van der Waals surface area contributed by atoms with Gasteiger partial charge in [0.15, 0.2) is 0 Å². The van der Waals surface area contributed by atoms with Gasteiger partial charge in [-0.3, -0.25) is 4.79 Å². The van der Waals surface area contributed by atoms with E-state index in [-0.39, 0.29) is 29.7 Å². The summed E-state index contributed by atoms with van der Waals surface area (Å²) in [4.78, 5) is 12.6. The monoisotopic (exact) mass is 318 g/mol. The van der Waals surface area contributed by atoms with Gasteiger partial charge in [0, 0.05) is 18.0 Å². The highest BCUT2D eigenvalue weighted by Gasteiger charge is 2.40. The van der Waals surface area contributed by atoms with Gasteiger partial charge in [-0.1, -0.05) is 24.6 Å². The highest BCUT2D eigenvalue weighted by Crippen LogP contribution is 2.41. The molecular weight excluding hydrogens is 291 g/mol. The first kappa shape index (κ1) is 16.4. The van der Waals surface area contributed by atoms with Gasteiger partial charge in [0.05, 0.1) is 0 Å². The van der Waals surface area contributed by atoms with Crippen LogP contribution in [-0.2, 0) is 11.2 Å². The van der Waals surface area contributed by atoms with Crippen LogP contribution < -0.4 is 11.1 Å². The van der Waals surface area contributed by atoms with Crippen LogP contribution in [0.5, 0.6) is 0 Å². The molecule has 126 valence electrons. The van der Waals surface area contributed by atoms with Crippen LogP contribution >= 0.6 is 0 Å². The molecule has 0 saturated heterocycles. The van der Waals surface area contributed by atoms with E-state index in [1.807, 2.05) is 13.0 Å². The lowest BCUT2D eigenvalue weighted by Gasteiger charge is -2.43. The minimum atomic E-state index is -0.202. The number of carbonyl (C=O) groups excluding carboxylic acids is 1. The lowest BCUT2D eigenvalue weighted by molar-refractivity contribution is -0.128. The maximum absolute atomic E-state index is 13.7. The van der Waals surface area contributed by atoms with Crippen molar-refractivity contribution >= 4 is 5.91 Å². The van der Waals surface area contributed by atoms with Gasteiger partial charge in [-0.15, -0.1) is 0 Å². The number of rotatable bonds is 4. The fourth-order valence-corrected chi connectivity index (χ4v) is 4.41. The Bertz CT molecular complexity index is 548. The maximum Gasteiger partial charge on any atom is 0.223 e. The molecule has 1 aromatic carbocycles. The zero-order chi connectivity index (χ0) is 16.4. The number of carbonyl (C=O) groups is 1. The molecule has 3 unspecified atom stereocenters. The van der Waals surface area contributed by atoms with E-state index in [4.69, 9.17) is 5.73 Å². The third-order valence-electron chi connectivity index (χ3n) is 5.66. The minimum absolute atomic E-state index is 0.0603. The third-order valence-corrected chi connectivity index (χ3v) is 5.66. The molecule has 0 radical (unpaired) electrons. The summed E-state index contributed by atoms with van der Waals surface area (Å²) in [5, 5.41) is 3.08. The molecule has 2 saturated carbocycles. The summed E-state index contributed by atoms with van der Waals surface area (Å²) in [5.41, 5.74) is 6.95. The van der Waals surface area contributed by atoms with Crippen molar-refractivity contribution < 1.29 is 9.18 Å². The van der Waals surface area contributed by atoms with Crippen LogP contribution in [0.1, 0.15) is 44.6 Å². The third kappa shape index (κ3) is 3.74. The quantitative estimate of drug-likeness (QED) is 0.896. The Kier molecular flexibility index (Phi) is 5.00. The van der Waals surface area contributed by atoms with Crippen molar-refractivity contribution in [3.63, 3.8) is 0 Å². The van der Waals surface area contributed by atoms with Crippen molar-refractivity contribution in [1.82, 2.24) is 5.32 Å². The van der Waals surface area contributed by atoms with E-state index in [1.165, 1.54) is 12.5 Å². The predicted molar refractivity (Wildman–Crippen MR) is 89.2 cm³/mol. The Morgan fingerprint density at radius 1 is 1.30 bits per heavy atom. The Balaban J connectivity index is 1.56. The summed E-state index contributed by atoms with van der Waals surface area (Å²) in [7, 11) is 0. The summed E-state index contributed by atoms with van der Waals surface area (Å²) in [6.07, 6.45) is 5.92. The zero-order valence-electron chi connectivity index (χ0n) is 13.8. The molecular formula is C19H27FN2O. The molecule has 2 aliphatic rings.